The standard InChI is InChI=1S/C8H12Si.C2H6/c1-9(2)8-6-4-3-5-7-8;1-2/h3-7,9H,1-2H3;1-2H3. The molecule has 1 aromatic carbocycles. The van der Waals surface area contributed by atoms with Gasteiger partial charge in [-0.1, -0.05) is 62.5 Å². The molecule has 0 atom stereocenters. The summed E-state index contributed by atoms with van der Waals surface area (Å²) >= 11 is 0. The van der Waals surface area contributed by atoms with Crippen molar-refractivity contribution >= 4 is 14.0 Å². The highest BCUT2D eigenvalue weighted by molar-refractivity contribution is 6.70. The molecule has 0 heterocycles. The van der Waals surface area contributed by atoms with Crippen molar-refractivity contribution in [2.24, 2.45) is 0 Å². The van der Waals surface area contributed by atoms with Gasteiger partial charge in [0.25, 0.3) is 0 Å². The summed E-state index contributed by atoms with van der Waals surface area (Å²) in [7, 11) is -0.529. The number of rotatable bonds is 1. The Morgan fingerprint density at radius 3 is 1.64 bits per heavy atom. The molecule has 0 aliphatic carbocycles. The van der Waals surface area contributed by atoms with Crippen molar-refractivity contribution in [3.63, 3.8) is 0 Å². The van der Waals surface area contributed by atoms with E-state index in [1.54, 1.807) is 5.19 Å². The van der Waals surface area contributed by atoms with Crippen LogP contribution in [0.1, 0.15) is 13.8 Å². The SMILES string of the molecule is CC.C[SiH](C)c1ccccc1. The predicted octanol–water partition coefficient (Wildman–Crippen LogP) is 2.41. The van der Waals surface area contributed by atoms with E-state index in [1.807, 2.05) is 13.8 Å². The summed E-state index contributed by atoms with van der Waals surface area (Å²) < 4.78 is 0. The summed E-state index contributed by atoms with van der Waals surface area (Å²) in [4.78, 5) is 0. The lowest BCUT2D eigenvalue weighted by Crippen LogP contribution is -2.21. The summed E-state index contributed by atoms with van der Waals surface area (Å²) in [6.45, 7) is 8.69. The highest BCUT2D eigenvalue weighted by Gasteiger charge is 1.95. The second-order valence-electron chi connectivity index (χ2n) is 2.57. The van der Waals surface area contributed by atoms with Crippen LogP contribution in [0.25, 0.3) is 0 Å². The molecule has 0 radical (unpaired) electrons. The Morgan fingerprint density at radius 1 is 0.909 bits per heavy atom. The lowest BCUT2D eigenvalue weighted by Gasteiger charge is -1.99. The van der Waals surface area contributed by atoms with Gasteiger partial charge in [-0.2, -0.15) is 0 Å². The van der Waals surface area contributed by atoms with Crippen LogP contribution in [0.15, 0.2) is 30.3 Å². The topological polar surface area (TPSA) is 0 Å². The molecule has 0 aliphatic heterocycles. The van der Waals surface area contributed by atoms with E-state index in [1.165, 1.54) is 0 Å². The van der Waals surface area contributed by atoms with Crippen LogP contribution in [0.4, 0.5) is 0 Å². The molecule has 0 spiro atoms. The molecule has 1 aromatic rings. The van der Waals surface area contributed by atoms with Crippen molar-refractivity contribution in [1.29, 1.82) is 0 Å². The Labute approximate surface area is 71.9 Å². The second kappa shape index (κ2) is 6.17. The minimum absolute atomic E-state index is 0.529. The monoisotopic (exact) mass is 166 g/mol. The Kier molecular flexibility index (Phi) is 5.85. The van der Waals surface area contributed by atoms with E-state index in [0.717, 1.165) is 0 Å². The van der Waals surface area contributed by atoms with Crippen molar-refractivity contribution in [1.82, 2.24) is 0 Å². The summed E-state index contributed by atoms with van der Waals surface area (Å²) in [6, 6.07) is 10.7. The maximum absolute atomic E-state index is 2.34. The van der Waals surface area contributed by atoms with Crippen LogP contribution in [0, 0.1) is 0 Å². The quantitative estimate of drug-likeness (QED) is 0.562. The minimum Gasteiger partial charge on any atom is -0.0683 e. The van der Waals surface area contributed by atoms with E-state index in [0.29, 0.717) is 0 Å². The lowest BCUT2D eigenvalue weighted by atomic mass is 10.4. The lowest BCUT2D eigenvalue weighted by molar-refractivity contribution is 1.50. The van der Waals surface area contributed by atoms with Crippen molar-refractivity contribution in [2.75, 3.05) is 0 Å². The van der Waals surface area contributed by atoms with Gasteiger partial charge in [-0.25, -0.2) is 0 Å². The van der Waals surface area contributed by atoms with E-state index in [4.69, 9.17) is 0 Å². The molecule has 0 fully saturated rings. The Hall–Kier alpha value is -0.563. The molecule has 0 aliphatic rings. The van der Waals surface area contributed by atoms with Gasteiger partial charge in [0.1, 0.15) is 0 Å². The minimum atomic E-state index is -0.529. The zero-order chi connectivity index (χ0) is 8.69. The van der Waals surface area contributed by atoms with E-state index < -0.39 is 8.80 Å². The number of benzene rings is 1. The second-order valence-corrected chi connectivity index (χ2v) is 5.54. The molecule has 0 unspecified atom stereocenters. The molecule has 0 aromatic heterocycles. The van der Waals surface area contributed by atoms with Gasteiger partial charge < -0.3 is 0 Å². The van der Waals surface area contributed by atoms with Crippen LogP contribution in [0.3, 0.4) is 0 Å². The first-order chi connectivity index (χ1) is 5.30. The first kappa shape index (κ1) is 10.4. The van der Waals surface area contributed by atoms with Crippen molar-refractivity contribution < 1.29 is 0 Å². The first-order valence-electron chi connectivity index (χ1n) is 4.35. The van der Waals surface area contributed by atoms with Crippen LogP contribution in [-0.2, 0) is 0 Å². The fraction of sp³-hybridized carbons (Fsp3) is 0.400. The molecule has 0 bridgehead atoms. The molecule has 11 heavy (non-hydrogen) atoms. The largest absolute Gasteiger partial charge is 0.0683 e. The van der Waals surface area contributed by atoms with Gasteiger partial charge in [0, 0.05) is 0 Å². The summed E-state index contributed by atoms with van der Waals surface area (Å²) in [5.74, 6) is 0. The van der Waals surface area contributed by atoms with E-state index in [2.05, 4.69) is 43.4 Å². The summed E-state index contributed by atoms with van der Waals surface area (Å²) in [5.41, 5.74) is 0. The number of hydrogen-bond donors (Lipinski definition) is 0. The van der Waals surface area contributed by atoms with E-state index in [9.17, 15) is 0 Å². The van der Waals surface area contributed by atoms with Gasteiger partial charge in [-0.15, -0.1) is 0 Å². The van der Waals surface area contributed by atoms with Crippen LogP contribution in [0.5, 0.6) is 0 Å². The average molecular weight is 166 g/mol. The van der Waals surface area contributed by atoms with Crippen LogP contribution in [0.2, 0.25) is 13.1 Å². The maximum atomic E-state index is 2.34. The summed E-state index contributed by atoms with van der Waals surface area (Å²) in [5, 5.41) is 1.55. The molecule has 0 amide bonds. The fourth-order valence-electron chi connectivity index (χ4n) is 0.838. The molecular formula is C10H18Si. The maximum Gasteiger partial charge on any atom is 0.0647 e. The Balaban J connectivity index is 0.000000461. The molecule has 0 N–H and O–H groups in total. The highest BCUT2D eigenvalue weighted by Crippen LogP contribution is 1.85. The molecule has 1 heteroatoms. The van der Waals surface area contributed by atoms with Gasteiger partial charge in [0.2, 0.25) is 0 Å². The van der Waals surface area contributed by atoms with Gasteiger partial charge >= 0.3 is 0 Å². The van der Waals surface area contributed by atoms with Crippen molar-refractivity contribution in [2.45, 2.75) is 26.9 Å². The fourth-order valence-corrected chi connectivity index (χ4v) is 1.83. The Morgan fingerprint density at radius 2 is 1.36 bits per heavy atom. The van der Waals surface area contributed by atoms with Crippen molar-refractivity contribution in [3.05, 3.63) is 30.3 Å². The molecular weight excluding hydrogens is 148 g/mol. The van der Waals surface area contributed by atoms with Gasteiger partial charge in [-0.05, 0) is 0 Å². The van der Waals surface area contributed by atoms with Crippen LogP contribution >= 0.6 is 0 Å². The predicted molar refractivity (Wildman–Crippen MR) is 56.3 cm³/mol. The number of hydrogen-bond acceptors (Lipinski definition) is 0. The normalized spacial score (nSPS) is 8.82. The summed E-state index contributed by atoms with van der Waals surface area (Å²) in [6.07, 6.45) is 0. The zero-order valence-electron chi connectivity index (χ0n) is 7.96. The molecule has 0 saturated heterocycles. The van der Waals surface area contributed by atoms with E-state index >= 15 is 0 Å². The molecule has 0 nitrogen and oxygen atoms in total. The highest BCUT2D eigenvalue weighted by atomic mass is 28.3. The van der Waals surface area contributed by atoms with Gasteiger partial charge in [0.15, 0.2) is 0 Å². The van der Waals surface area contributed by atoms with Gasteiger partial charge in [-0.3, -0.25) is 0 Å². The smallest absolute Gasteiger partial charge is 0.0647 e. The molecule has 62 valence electrons. The Bertz CT molecular complexity index is 167. The molecule has 0 saturated carbocycles. The van der Waals surface area contributed by atoms with Crippen LogP contribution in [-0.4, -0.2) is 8.80 Å². The van der Waals surface area contributed by atoms with Crippen LogP contribution < -0.4 is 5.19 Å². The zero-order valence-corrected chi connectivity index (χ0v) is 9.12. The average Bonchev–Trinajstić information content (AvgIpc) is 2.10. The van der Waals surface area contributed by atoms with Crippen molar-refractivity contribution in [3.8, 4) is 0 Å². The van der Waals surface area contributed by atoms with Gasteiger partial charge in [0.05, 0.1) is 8.80 Å². The third-order valence-corrected chi connectivity index (χ3v) is 3.18. The first-order valence-corrected chi connectivity index (χ1v) is 7.24. The molecule has 1 rings (SSSR count). The third kappa shape index (κ3) is 3.99. The third-order valence-electron chi connectivity index (χ3n) is 1.47. The van der Waals surface area contributed by atoms with E-state index in [-0.39, 0.29) is 0 Å².